The van der Waals surface area contributed by atoms with E-state index in [1.807, 2.05) is 43.3 Å². The summed E-state index contributed by atoms with van der Waals surface area (Å²) in [6, 6.07) is 17.9. The summed E-state index contributed by atoms with van der Waals surface area (Å²) >= 11 is 0. The zero-order valence-corrected chi connectivity index (χ0v) is 15.7. The van der Waals surface area contributed by atoms with E-state index in [9.17, 15) is 4.79 Å². The molecule has 0 saturated heterocycles. The van der Waals surface area contributed by atoms with Gasteiger partial charge in [-0.15, -0.1) is 0 Å². The van der Waals surface area contributed by atoms with Crippen molar-refractivity contribution in [2.24, 2.45) is 0 Å². The first-order chi connectivity index (χ1) is 13.2. The molecule has 0 radical (unpaired) electrons. The van der Waals surface area contributed by atoms with E-state index in [0.29, 0.717) is 18.2 Å². The molecular weight excluding hydrogens is 336 g/mol. The van der Waals surface area contributed by atoms with Crippen LogP contribution in [0.5, 0.6) is 0 Å². The van der Waals surface area contributed by atoms with Crippen LogP contribution in [0.2, 0.25) is 0 Å². The SMILES string of the molecule is CCc1cccc(C)c1NC(=O)c1ccnc(NCCc2ccccc2)n1. The molecule has 0 spiro atoms. The number of rotatable bonds is 7. The quantitative estimate of drug-likeness (QED) is 0.661. The molecular formula is C22H24N4O. The van der Waals surface area contributed by atoms with Gasteiger partial charge < -0.3 is 10.6 Å². The fraction of sp³-hybridized carbons (Fsp3) is 0.227. The van der Waals surface area contributed by atoms with Crippen LogP contribution < -0.4 is 10.6 Å². The lowest BCUT2D eigenvalue weighted by Gasteiger charge is -2.13. The molecule has 0 unspecified atom stereocenters. The summed E-state index contributed by atoms with van der Waals surface area (Å²) < 4.78 is 0. The van der Waals surface area contributed by atoms with Crippen LogP contribution in [0.3, 0.4) is 0 Å². The van der Waals surface area contributed by atoms with Crippen molar-refractivity contribution in [3.05, 3.63) is 83.2 Å². The molecule has 0 bridgehead atoms. The standard InChI is InChI=1S/C22H24N4O/c1-3-18-11-7-8-16(2)20(18)26-21(27)19-13-15-24-22(25-19)23-14-12-17-9-5-4-6-10-17/h4-11,13,15H,3,12,14H2,1-2H3,(H,26,27)(H,23,24,25). The molecule has 3 aromatic rings. The monoisotopic (exact) mass is 360 g/mol. The highest BCUT2D eigenvalue weighted by Gasteiger charge is 2.12. The van der Waals surface area contributed by atoms with Crippen molar-refractivity contribution in [1.29, 1.82) is 0 Å². The third kappa shape index (κ3) is 4.91. The van der Waals surface area contributed by atoms with Gasteiger partial charge in [0.15, 0.2) is 0 Å². The van der Waals surface area contributed by atoms with Gasteiger partial charge in [0, 0.05) is 18.4 Å². The summed E-state index contributed by atoms with van der Waals surface area (Å²) in [5, 5.41) is 6.18. The van der Waals surface area contributed by atoms with Crippen molar-refractivity contribution in [3.63, 3.8) is 0 Å². The summed E-state index contributed by atoms with van der Waals surface area (Å²) in [6.07, 6.45) is 3.32. The zero-order valence-electron chi connectivity index (χ0n) is 15.7. The Labute approximate surface area is 159 Å². The first-order valence-electron chi connectivity index (χ1n) is 9.18. The second-order valence-electron chi connectivity index (χ2n) is 6.34. The molecule has 2 aromatic carbocycles. The maximum atomic E-state index is 12.7. The maximum absolute atomic E-state index is 12.7. The Morgan fingerprint density at radius 3 is 2.63 bits per heavy atom. The normalized spacial score (nSPS) is 10.4. The van der Waals surface area contributed by atoms with E-state index in [4.69, 9.17) is 0 Å². The summed E-state index contributed by atoms with van der Waals surface area (Å²) in [7, 11) is 0. The smallest absolute Gasteiger partial charge is 0.274 e. The third-order valence-corrected chi connectivity index (χ3v) is 4.41. The predicted molar refractivity (Wildman–Crippen MR) is 109 cm³/mol. The molecule has 1 aromatic heterocycles. The van der Waals surface area contributed by atoms with Gasteiger partial charge in [-0.05, 0) is 42.5 Å². The number of hydrogen-bond acceptors (Lipinski definition) is 4. The fourth-order valence-corrected chi connectivity index (χ4v) is 2.91. The van der Waals surface area contributed by atoms with E-state index < -0.39 is 0 Å². The largest absolute Gasteiger partial charge is 0.354 e. The van der Waals surface area contributed by atoms with E-state index in [0.717, 1.165) is 29.7 Å². The molecule has 0 saturated carbocycles. The number of carbonyl (C=O) groups is 1. The van der Waals surface area contributed by atoms with Crippen molar-refractivity contribution in [2.75, 3.05) is 17.2 Å². The first-order valence-corrected chi connectivity index (χ1v) is 9.18. The van der Waals surface area contributed by atoms with E-state index in [1.165, 1.54) is 5.56 Å². The van der Waals surface area contributed by atoms with Crippen LogP contribution in [0.15, 0.2) is 60.8 Å². The van der Waals surface area contributed by atoms with Gasteiger partial charge in [-0.2, -0.15) is 0 Å². The highest BCUT2D eigenvalue weighted by atomic mass is 16.1. The van der Waals surface area contributed by atoms with Crippen LogP contribution in [-0.4, -0.2) is 22.4 Å². The minimum atomic E-state index is -0.229. The lowest BCUT2D eigenvalue weighted by molar-refractivity contribution is 0.102. The van der Waals surface area contributed by atoms with Gasteiger partial charge >= 0.3 is 0 Å². The molecule has 1 heterocycles. The van der Waals surface area contributed by atoms with Crippen LogP contribution in [0.1, 0.15) is 34.1 Å². The Balaban J connectivity index is 1.65. The number of hydrogen-bond donors (Lipinski definition) is 2. The summed E-state index contributed by atoms with van der Waals surface area (Å²) in [4.78, 5) is 21.2. The van der Waals surface area contributed by atoms with Crippen molar-refractivity contribution in [1.82, 2.24) is 9.97 Å². The first kappa shape index (κ1) is 18.6. The van der Waals surface area contributed by atoms with Gasteiger partial charge in [0.2, 0.25) is 5.95 Å². The van der Waals surface area contributed by atoms with Crippen LogP contribution in [0.4, 0.5) is 11.6 Å². The molecule has 5 heteroatoms. The second-order valence-corrected chi connectivity index (χ2v) is 6.34. The number of nitrogens with one attached hydrogen (secondary N) is 2. The predicted octanol–water partition coefficient (Wildman–Crippen LogP) is 4.25. The van der Waals surface area contributed by atoms with Crippen molar-refractivity contribution < 1.29 is 4.79 Å². The molecule has 2 N–H and O–H groups in total. The number of anilines is 2. The average Bonchev–Trinajstić information content (AvgIpc) is 2.70. The van der Waals surface area contributed by atoms with E-state index in [-0.39, 0.29) is 5.91 Å². The highest BCUT2D eigenvalue weighted by molar-refractivity contribution is 6.03. The fourth-order valence-electron chi connectivity index (χ4n) is 2.91. The van der Waals surface area contributed by atoms with Crippen LogP contribution in [0.25, 0.3) is 0 Å². The second kappa shape index (κ2) is 8.94. The van der Waals surface area contributed by atoms with Gasteiger partial charge in [-0.25, -0.2) is 9.97 Å². The topological polar surface area (TPSA) is 66.9 Å². The number of nitrogens with zero attached hydrogens (tertiary/aromatic N) is 2. The molecule has 138 valence electrons. The Kier molecular flexibility index (Phi) is 6.15. The van der Waals surface area contributed by atoms with Crippen LogP contribution in [-0.2, 0) is 12.8 Å². The minimum Gasteiger partial charge on any atom is -0.354 e. The zero-order chi connectivity index (χ0) is 19.1. The van der Waals surface area contributed by atoms with Crippen LogP contribution >= 0.6 is 0 Å². The number of benzene rings is 2. The van der Waals surface area contributed by atoms with Gasteiger partial charge in [0.1, 0.15) is 5.69 Å². The molecule has 0 aliphatic rings. The van der Waals surface area contributed by atoms with E-state index in [2.05, 4.69) is 39.7 Å². The molecule has 0 aliphatic carbocycles. The Bertz CT molecular complexity index is 909. The van der Waals surface area contributed by atoms with Gasteiger partial charge in [-0.1, -0.05) is 55.5 Å². The average molecular weight is 360 g/mol. The molecule has 5 nitrogen and oxygen atoms in total. The highest BCUT2D eigenvalue weighted by Crippen LogP contribution is 2.21. The lowest BCUT2D eigenvalue weighted by Crippen LogP contribution is -2.17. The van der Waals surface area contributed by atoms with Gasteiger partial charge in [-0.3, -0.25) is 4.79 Å². The molecule has 0 aliphatic heterocycles. The lowest BCUT2D eigenvalue weighted by atomic mass is 10.1. The van der Waals surface area contributed by atoms with Crippen molar-refractivity contribution >= 4 is 17.5 Å². The van der Waals surface area contributed by atoms with Gasteiger partial charge in [0.05, 0.1) is 0 Å². The van der Waals surface area contributed by atoms with Gasteiger partial charge in [0.25, 0.3) is 5.91 Å². The third-order valence-electron chi connectivity index (χ3n) is 4.41. The molecule has 3 rings (SSSR count). The Hall–Kier alpha value is -3.21. The molecule has 27 heavy (non-hydrogen) atoms. The van der Waals surface area contributed by atoms with Crippen molar-refractivity contribution in [2.45, 2.75) is 26.7 Å². The number of amides is 1. The number of aryl methyl sites for hydroxylation is 2. The summed E-state index contributed by atoms with van der Waals surface area (Å²) in [5.41, 5.74) is 4.60. The maximum Gasteiger partial charge on any atom is 0.274 e. The summed E-state index contributed by atoms with van der Waals surface area (Å²) in [6.45, 7) is 4.77. The number of aromatic nitrogens is 2. The van der Waals surface area contributed by atoms with E-state index in [1.54, 1.807) is 12.3 Å². The number of para-hydroxylation sites is 1. The minimum absolute atomic E-state index is 0.229. The molecule has 1 amide bonds. The van der Waals surface area contributed by atoms with Crippen LogP contribution in [0, 0.1) is 6.92 Å². The number of carbonyl (C=O) groups excluding carboxylic acids is 1. The Morgan fingerprint density at radius 2 is 1.85 bits per heavy atom. The molecule has 0 fully saturated rings. The van der Waals surface area contributed by atoms with Crippen molar-refractivity contribution in [3.8, 4) is 0 Å². The molecule has 0 atom stereocenters. The Morgan fingerprint density at radius 1 is 1.04 bits per heavy atom. The van der Waals surface area contributed by atoms with E-state index >= 15 is 0 Å². The summed E-state index contributed by atoms with van der Waals surface area (Å²) in [5.74, 6) is 0.228.